The highest BCUT2D eigenvalue weighted by molar-refractivity contribution is 5.81. The topological polar surface area (TPSA) is 68.3 Å². The lowest BCUT2D eigenvalue weighted by atomic mass is 10.2. The minimum Gasteiger partial charge on any atom is -0.469 e. The second-order valence-electron chi connectivity index (χ2n) is 3.48. The van der Waals surface area contributed by atoms with Gasteiger partial charge in [0.1, 0.15) is 5.76 Å². The Morgan fingerprint density at radius 1 is 1.64 bits per heavy atom. The van der Waals surface area contributed by atoms with E-state index in [0.717, 1.165) is 5.76 Å². The maximum absolute atomic E-state index is 11.2. The van der Waals surface area contributed by atoms with Gasteiger partial charge in [0, 0.05) is 12.5 Å². The van der Waals surface area contributed by atoms with Crippen molar-refractivity contribution in [2.45, 2.75) is 32.4 Å². The number of nitrogens with one attached hydrogen (secondary N) is 1. The Bertz CT molecular complexity index is 280. The maximum atomic E-state index is 11.2. The number of carbonyl (C=O) groups excluding carboxylic acids is 1. The molecule has 0 spiro atoms. The van der Waals surface area contributed by atoms with E-state index >= 15 is 0 Å². The molecule has 0 aromatic carbocycles. The van der Waals surface area contributed by atoms with Crippen LogP contribution in [0.2, 0.25) is 0 Å². The van der Waals surface area contributed by atoms with Crippen LogP contribution in [-0.4, -0.2) is 18.0 Å². The fourth-order valence-electron chi connectivity index (χ4n) is 1.16. The van der Waals surface area contributed by atoms with E-state index in [9.17, 15) is 4.79 Å². The summed E-state index contributed by atoms with van der Waals surface area (Å²) in [5, 5.41) is 2.79. The summed E-state index contributed by atoms with van der Waals surface area (Å²) in [6.07, 6.45) is 2.31. The van der Waals surface area contributed by atoms with Crippen LogP contribution < -0.4 is 11.1 Å². The minimum absolute atomic E-state index is 0.0413. The van der Waals surface area contributed by atoms with Crippen LogP contribution in [0.3, 0.4) is 0 Å². The molecule has 14 heavy (non-hydrogen) atoms. The molecule has 0 saturated carbocycles. The minimum atomic E-state index is -0.464. The summed E-state index contributed by atoms with van der Waals surface area (Å²) >= 11 is 0. The standard InChI is InChI=1S/C10H16N2O2/c1-7(12-10(13)8(2)11)6-9-4-3-5-14-9/h3-5,7-8H,6,11H2,1-2H3,(H,12,13)/t7?,8-/m1/s1. The first-order valence-electron chi connectivity index (χ1n) is 4.68. The van der Waals surface area contributed by atoms with Crippen LogP contribution in [0.4, 0.5) is 0 Å². The summed E-state index contributed by atoms with van der Waals surface area (Å²) < 4.78 is 5.16. The van der Waals surface area contributed by atoms with Gasteiger partial charge in [-0.25, -0.2) is 0 Å². The van der Waals surface area contributed by atoms with E-state index in [1.54, 1.807) is 13.2 Å². The monoisotopic (exact) mass is 196 g/mol. The van der Waals surface area contributed by atoms with Crippen molar-refractivity contribution in [2.24, 2.45) is 5.73 Å². The van der Waals surface area contributed by atoms with E-state index in [-0.39, 0.29) is 11.9 Å². The molecule has 0 aliphatic heterocycles. The van der Waals surface area contributed by atoms with Gasteiger partial charge in [-0.3, -0.25) is 4.79 Å². The van der Waals surface area contributed by atoms with Crippen LogP contribution in [0.15, 0.2) is 22.8 Å². The molecule has 0 radical (unpaired) electrons. The number of hydrogen-bond acceptors (Lipinski definition) is 3. The number of amides is 1. The third-order valence-corrected chi connectivity index (χ3v) is 1.89. The summed E-state index contributed by atoms with van der Waals surface area (Å²) in [6, 6.07) is 3.29. The van der Waals surface area contributed by atoms with E-state index in [0.29, 0.717) is 6.42 Å². The summed E-state index contributed by atoms with van der Waals surface area (Å²) in [5.74, 6) is 0.728. The summed E-state index contributed by atoms with van der Waals surface area (Å²) in [5.41, 5.74) is 5.42. The molecule has 0 saturated heterocycles. The van der Waals surface area contributed by atoms with Gasteiger partial charge in [-0.2, -0.15) is 0 Å². The number of carbonyl (C=O) groups is 1. The molecule has 1 aromatic heterocycles. The normalized spacial score (nSPS) is 14.8. The van der Waals surface area contributed by atoms with Gasteiger partial charge in [0.15, 0.2) is 0 Å². The van der Waals surface area contributed by atoms with Gasteiger partial charge in [0.05, 0.1) is 12.3 Å². The molecule has 1 unspecified atom stereocenters. The lowest BCUT2D eigenvalue weighted by Gasteiger charge is -2.14. The second kappa shape index (κ2) is 4.81. The molecule has 4 nitrogen and oxygen atoms in total. The molecule has 1 heterocycles. The summed E-state index contributed by atoms with van der Waals surface area (Å²) in [4.78, 5) is 11.2. The van der Waals surface area contributed by atoms with Crippen molar-refractivity contribution < 1.29 is 9.21 Å². The first kappa shape index (κ1) is 10.8. The fourth-order valence-corrected chi connectivity index (χ4v) is 1.16. The zero-order chi connectivity index (χ0) is 10.6. The highest BCUT2D eigenvalue weighted by atomic mass is 16.3. The van der Waals surface area contributed by atoms with Gasteiger partial charge in [0.2, 0.25) is 5.91 Å². The van der Waals surface area contributed by atoms with E-state index in [1.807, 2.05) is 19.1 Å². The Kier molecular flexibility index (Phi) is 3.71. The fraction of sp³-hybridized carbons (Fsp3) is 0.500. The third-order valence-electron chi connectivity index (χ3n) is 1.89. The Morgan fingerprint density at radius 2 is 2.36 bits per heavy atom. The molecule has 0 fully saturated rings. The van der Waals surface area contributed by atoms with Crippen molar-refractivity contribution in [1.82, 2.24) is 5.32 Å². The molecule has 2 atom stereocenters. The van der Waals surface area contributed by atoms with Crippen LogP contribution in [0, 0.1) is 0 Å². The Balaban J connectivity index is 2.36. The van der Waals surface area contributed by atoms with Crippen molar-refractivity contribution in [3.8, 4) is 0 Å². The quantitative estimate of drug-likeness (QED) is 0.743. The smallest absolute Gasteiger partial charge is 0.236 e. The van der Waals surface area contributed by atoms with Crippen molar-refractivity contribution in [2.75, 3.05) is 0 Å². The van der Waals surface area contributed by atoms with Crippen LogP contribution in [0.5, 0.6) is 0 Å². The Hall–Kier alpha value is -1.29. The van der Waals surface area contributed by atoms with Gasteiger partial charge in [-0.05, 0) is 26.0 Å². The number of furan rings is 1. The molecule has 78 valence electrons. The van der Waals surface area contributed by atoms with E-state index < -0.39 is 6.04 Å². The molecule has 1 rings (SSSR count). The van der Waals surface area contributed by atoms with E-state index in [1.165, 1.54) is 0 Å². The zero-order valence-corrected chi connectivity index (χ0v) is 8.49. The van der Waals surface area contributed by atoms with Gasteiger partial charge >= 0.3 is 0 Å². The van der Waals surface area contributed by atoms with Crippen LogP contribution >= 0.6 is 0 Å². The Labute approximate surface area is 83.5 Å². The highest BCUT2D eigenvalue weighted by Gasteiger charge is 2.12. The number of nitrogens with two attached hydrogens (primary N) is 1. The predicted octanol–water partition coefficient (Wildman–Crippen LogP) is 0.674. The molecule has 0 aliphatic rings. The number of rotatable bonds is 4. The van der Waals surface area contributed by atoms with Gasteiger partial charge < -0.3 is 15.5 Å². The van der Waals surface area contributed by atoms with Crippen LogP contribution in [0.25, 0.3) is 0 Å². The van der Waals surface area contributed by atoms with Crippen LogP contribution in [-0.2, 0) is 11.2 Å². The molecule has 0 bridgehead atoms. The van der Waals surface area contributed by atoms with Gasteiger partial charge in [0.25, 0.3) is 0 Å². The van der Waals surface area contributed by atoms with E-state index in [4.69, 9.17) is 10.2 Å². The van der Waals surface area contributed by atoms with Crippen molar-refractivity contribution in [3.05, 3.63) is 24.2 Å². The largest absolute Gasteiger partial charge is 0.469 e. The van der Waals surface area contributed by atoms with Crippen LogP contribution in [0.1, 0.15) is 19.6 Å². The third kappa shape index (κ3) is 3.22. The molecular weight excluding hydrogens is 180 g/mol. The summed E-state index contributed by atoms with van der Waals surface area (Å²) in [6.45, 7) is 3.58. The lowest BCUT2D eigenvalue weighted by Crippen LogP contribution is -2.43. The maximum Gasteiger partial charge on any atom is 0.236 e. The highest BCUT2D eigenvalue weighted by Crippen LogP contribution is 2.03. The first-order chi connectivity index (χ1) is 6.59. The SMILES string of the molecule is CC(Cc1ccco1)NC(=O)[C@@H](C)N. The molecule has 1 amide bonds. The summed E-state index contributed by atoms with van der Waals surface area (Å²) in [7, 11) is 0. The lowest BCUT2D eigenvalue weighted by molar-refractivity contribution is -0.122. The molecule has 0 aliphatic carbocycles. The Morgan fingerprint density at radius 3 is 2.86 bits per heavy atom. The molecule has 4 heteroatoms. The number of hydrogen-bond donors (Lipinski definition) is 2. The van der Waals surface area contributed by atoms with Gasteiger partial charge in [-0.15, -0.1) is 0 Å². The molecule has 1 aromatic rings. The average Bonchev–Trinajstić information content (AvgIpc) is 2.56. The second-order valence-corrected chi connectivity index (χ2v) is 3.48. The van der Waals surface area contributed by atoms with Gasteiger partial charge in [-0.1, -0.05) is 0 Å². The van der Waals surface area contributed by atoms with Crippen molar-refractivity contribution in [3.63, 3.8) is 0 Å². The van der Waals surface area contributed by atoms with E-state index in [2.05, 4.69) is 5.32 Å². The first-order valence-corrected chi connectivity index (χ1v) is 4.68. The molecule has 3 N–H and O–H groups in total. The van der Waals surface area contributed by atoms with Crippen molar-refractivity contribution in [1.29, 1.82) is 0 Å². The average molecular weight is 196 g/mol. The van der Waals surface area contributed by atoms with Crippen molar-refractivity contribution >= 4 is 5.91 Å². The zero-order valence-electron chi connectivity index (χ0n) is 8.49. The predicted molar refractivity (Wildman–Crippen MR) is 53.7 cm³/mol. The molecular formula is C10H16N2O2.